The molecule has 0 atom stereocenters. The van der Waals surface area contributed by atoms with Crippen molar-refractivity contribution < 1.29 is 18.0 Å². The van der Waals surface area contributed by atoms with Gasteiger partial charge < -0.3 is 10.2 Å². The number of benzene rings is 2. The van der Waals surface area contributed by atoms with Crippen LogP contribution in [0, 0.1) is 0 Å². The van der Waals surface area contributed by atoms with E-state index in [0.717, 1.165) is 31.4 Å². The maximum atomic E-state index is 12.7. The molecule has 2 aromatic rings. The number of carbonyl (C=O) groups is 2. The highest BCUT2D eigenvalue weighted by Gasteiger charge is 2.26. The first-order valence-corrected chi connectivity index (χ1v) is 11.7. The van der Waals surface area contributed by atoms with Gasteiger partial charge in [0.05, 0.1) is 4.90 Å². The fraction of sp³-hybridized carbons (Fsp3) is 0.364. The number of hydrogen-bond acceptors (Lipinski definition) is 4. The summed E-state index contributed by atoms with van der Waals surface area (Å²) in [7, 11) is -3.49. The number of amides is 2. The average Bonchev–Trinajstić information content (AvgIpc) is 3.20. The van der Waals surface area contributed by atoms with Crippen LogP contribution in [0.4, 0.5) is 11.4 Å². The van der Waals surface area contributed by atoms with Gasteiger partial charge in [0, 0.05) is 43.0 Å². The Balaban J connectivity index is 1.41. The van der Waals surface area contributed by atoms with Crippen LogP contribution in [0.3, 0.4) is 0 Å². The second-order valence-corrected chi connectivity index (χ2v) is 9.58. The first-order chi connectivity index (χ1) is 14.4. The Morgan fingerprint density at radius 3 is 2.10 bits per heavy atom. The smallest absolute Gasteiger partial charge is 0.255 e. The predicted octanol–water partition coefficient (Wildman–Crippen LogP) is 3.24. The zero-order valence-electron chi connectivity index (χ0n) is 16.7. The van der Waals surface area contributed by atoms with E-state index in [-0.39, 0.29) is 16.7 Å². The molecule has 0 unspecified atom stereocenters. The number of anilines is 2. The van der Waals surface area contributed by atoms with Gasteiger partial charge in [-0.15, -0.1) is 0 Å². The van der Waals surface area contributed by atoms with Gasteiger partial charge >= 0.3 is 0 Å². The van der Waals surface area contributed by atoms with Crippen molar-refractivity contribution in [3.05, 3.63) is 54.1 Å². The molecule has 0 saturated carbocycles. The molecule has 4 rings (SSSR count). The van der Waals surface area contributed by atoms with Gasteiger partial charge in [-0.3, -0.25) is 9.59 Å². The van der Waals surface area contributed by atoms with Crippen LogP contribution in [0.5, 0.6) is 0 Å². The fourth-order valence-corrected chi connectivity index (χ4v) is 5.40. The van der Waals surface area contributed by atoms with Crippen molar-refractivity contribution in [2.75, 3.05) is 29.9 Å². The van der Waals surface area contributed by atoms with Crippen LogP contribution in [0.25, 0.3) is 0 Å². The van der Waals surface area contributed by atoms with E-state index in [9.17, 15) is 18.0 Å². The van der Waals surface area contributed by atoms with Crippen molar-refractivity contribution >= 4 is 33.2 Å². The first kappa shape index (κ1) is 20.6. The van der Waals surface area contributed by atoms with E-state index in [1.807, 2.05) is 0 Å². The van der Waals surface area contributed by atoms with Crippen molar-refractivity contribution in [1.82, 2.24) is 4.31 Å². The lowest BCUT2D eigenvalue weighted by Crippen LogP contribution is -2.35. The monoisotopic (exact) mass is 427 g/mol. The van der Waals surface area contributed by atoms with Crippen molar-refractivity contribution in [2.45, 2.75) is 37.0 Å². The molecule has 0 aliphatic carbocycles. The maximum absolute atomic E-state index is 12.7. The zero-order chi connectivity index (χ0) is 21.1. The molecular weight excluding hydrogens is 402 g/mol. The minimum Gasteiger partial charge on any atom is -0.322 e. The molecule has 0 radical (unpaired) electrons. The van der Waals surface area contributed by atoms with Gasteiger partial charge in [0.15, 0.2) is 0 Å². The summed E-state index contributed by atoms with van der Waals surface area (Å²) in [5, 5.41) is 2.79. The lowest BCUT2D eigenvalue weighted by Gasteiger charge is -2.25. The number of rotatable bonds is 5. The molecule has 2 heterocycles. The molecule has 7 nitrogen and oxygen atoms in total. The SMILES string of the molecule is O=C(Nc1ccc(S(=O)(=O)N2CCCCC2)cc1)c1ccc(N2CCCC2=O)cc1. The van der Waals surface area contributed by atoms with Crippen molar-refractivity contribution in [3.8, 4) is 0 Å². The van der Waals surface area contributed by atoms with Gasteiger partial charge in [0.1, 0.15) is 0 Å². The lowest BCUT2D eigenvalue weighted by molar-refractivity contribution is -0.117. The summed E-state index contributed by atoms with van der Waals surface area (Å²) in [6.45, 7) is 1.82. The Bertz CT molecular complexity index is 1030. The van der Waals surface area contributed by atoms with Gasteiger partial charge in [0.2, 0.25) is 15.9 Å². The summed E-state index contributed by atoms with van der Waals surface area (Å²) in [5.41, 5.74) is 1.79. The summed E-state index contributed by atoms with van der Waals surface area (Å²) >= 11 is 0. The number of carbonyl (C=O) groups excluding carboxylic acids is 2. The number of piperidine rings is 1. The molecular formula is C22H25N3O4S. The molecule has 8 heteroatoms. The summed E-state index contributed by atoms with van der Waals surface area (Å²) < 4.78 is 27.0. The Kier molecular flexibility index (Phi) is 5.87. The molecule has 2 aliphatic rings. The van der Waals surface area contributed by atoms with Crippen LogP contribution in [0.2, 0.25) is 0 Å². The molecule has 0 bridgehead atoms. The van der Waals surface area contributed by atoms with E-state index in [4.69, 9.17) is 0 Å². The molecule has 2 saturated heterocycles. The minimum absolute atomic E-state index is 0.104. The van der Waals surface area contributed by atoms with Gasteiger partial charge in [-0.05, 0) is 67.8 Å². The van der Waals surface area contributed by atoms with E-state index >= 15 is 0 Å². The van der Waals surface area contributed by atoms with Crippen molar-refractivity contribution in [3.63, 3.8) is 0 Å². The molecule has 2 fully saturated rings. The third-order valence-corrected chi connectivity index (χ3v) is 7.49. The highest BCUT2D eigenvalue weighted by Crippen LogP contribution is 2.24. The largest absolute Gasteiger partial charge is 0.322 e. The third kappa shape index (κ3) is 4.24. The van der Waals surface area contributed by atoms with E-state index in [0.29, 0.717) is 37.3 Å². The Morgan fingerprint density at radius 2 is 1.50 bits per heavy atom. The summed E-state index contributed by atoms with van der Waals surface area (Å²) in [6, 6.07) is 13.2. The molecule has 0 spiro atoms. The van der Waals surface area contributed by atoms with Crippen LogP contribution < -0.4 is 10.2 Å². The quantitative estimate of drug-likeness (QED) is 0.794. The third-order valence-electron chi connectivity index (χ3n) is 5.58. The predicted molar refractivity (Wildman–Crippen MR) is 115 cm³/mol. The normalized spacial score (nSPS) is 17.9. The van der Waals surface area contributed by atoms with Gasteiger partial charge in [-0.2, -0.15) is 4.31 Å². The topological polar surface area (TPSA) is 86.8 Å². The van der Waals surface area contributed by atoms with Gasteiger partial charge in [0.25, 0.3) is 5.91 Å². The van der Waals surface area contributed by atoms with Crippen molar-refractivity contribution in [2.24, 2.45) is 0 Å². The van der Waals surface area contributed by atoms with Crippen LogP contribution >= 0.6 is 0 Å². The average molecular weight is 428 g/mol. The number of nitrogens with zero attached hydrogens (tertiary/aromatic N) is 2. The standard InChI is InChI=1S/C22H25N3O4S/c26-21-5-4-16-25(21)19-10-6-17(7-11-19)22(27)23-18-8-12-20(13-9-18)30(28,29)24-14-2-1-3-15-24/h6-13H,1-5,14-16H2,(H,23,27). The fourth-order valence-electron chi connectivity index (χ4n) is 3.88. The van der Waals surface area contributed by atoms with Crippen LogP contribution in [-0.4, -0.2) is 44.2 Å². The molecule has 158 valence electrons. The molecule has 2 amide bonds. The van der Waals surface area contributed by atoms with Gasteiger partial charge in [-0.25, -0.2) is 8.42 Å². The Hall–Kier alpha value is -2.71. The summed E-state index contributed by atoms with van der Waals surface area (Å²) in [4.78, 5) is 26.3. The summed E-state index contributed by atoms with van der Waals surface area (Å²) in [6.07, 6.45) is 4.25. The molecule has 30 heavy (non-hydrogen) atoms. The molecule has 2 aliphatic heterocycles. The zero-order valence-corrected chi connectivity index (χ0v) is 17.5. The number of nitrogens with one attached hydrogen (secondary N) is 1. The van der Waals surface area contributed by atoms with Crippen LogP contribution in [0.15, 0.2) is 53.4 Å². The van der Waals surface area contributed by atoms with E-state index in [1.165, 1.54) is 16.4 Å². The second-order valence-electron chi connectivity index (χ2n) is 7.64. The highest BCUT2D eigenvalue weighted by atomic mass is 32.2. The van der Waals surface area contributed by atoms with Crippen molar-refractivity contribution in [1.29, 1.82) is 0 Å². The van der Waals surface area contributed by atoms with Crippen LogP contribution in [0.1, 0.15) is 42.5 Å². The summed E-state index contributed by atoms with van der Waals surface area (Å²) in [5.74, 6) is -0.187. The molecule has 1 N–H and O–H groups in total. The second kappa shape index (κ2) is 8.57. The molecule has 0 aromatic heterocycles. The molecule has 2 aromatic carbocycles. The number of sulfonamides is 1. The van der Waals surface area contributed by atoms with E-state index < -0.39 is 10.0 Å². The number of hydrogen-bond donors (Lipinski definition) is 1. The highest BCUT2D eigenvalue weighted by molar-refractivity contribution is 7.89. The first-order valence-electron chi connectivity index (χ1n) is 10.3. The van der Waals surface area contributed by atoms with E-state index in [1.54, 1.807) is 41.3 Å². The Labute approximate surface area is 176 Å². The Morgan fingerprint density at radius 1 is 0.833 bits per heavy atom. The van der Waals surface area contributed by atoms with E-state index in [2.05, 4.69) is 5.32 Å². The maximum Gasteiger partial charge on any atom is 0.255 e. The minimum atomic E-state index is -3.49. The van der Waals surface area contributed by atoms with Crippen LogP contribution in [-0.2, 0) is 14.8 Å². The lowest BCUT2D eigenvalue weighted by atomic mass is 10.1. The van der Waals surface area contributed by atoms with Gasteiger partial charge in [-0.1, -0.05) is 6.42 Å².